The molecule has 1 aliphatic heterocycles. The van der Waals surface area contributed by atoms with Crippen LogP contribution in [0.15, 0.2) is 71.6 Å². The number of carbonyl (C=O) groups is 3. The van der Waals surface area contributed by atoms with Crippen LogP contribution in [0.25, 0.3) is 6.08 Å². The van der Waals surface area contributed by atoms with Gasteiger partial charge >= 0.3 is 0 Å². The fourth-order valence-corrected chi connectivity index (χ4v) is 4.43. The third kappa shape index (κ3) is 5.71. The average molecular weight is 530 g/mol. The first-order valence-electron chi connectivity index (χ1n) is 11.1. The molecule has 1 aliphatic rings. The maximum Gasteiger partial charge on any atom is 0.293 e. The number of hydrogen-bond donors (Lipinski definition) is 0. The molecule has 1 saturated heterocycles. The third-order valence-electron chi connectivity index (χ3n) is 5.58. The van der Waals surface area contributed by atoms with Gasteiger partial charge in [0.15, 0.2) is 17.3 Å². The van der Waals surface area contributed by atoms with Crippen molar-refractivity contribution in [2.75, 3.05) is 13.7 Å². The lowest BCUT2D eigenvalue weighted by molar-refractivity contribution is -0.384. The molecular weight excluding hydrogens is 510 g/mol. The Hall–Kier alpha value is -4.95. The third-order valence-corrected chi connectivity index (χ3v) is 6.49. The number of ketones is 1. The highest BCUT2D eigenvalue weighted by molar-refractivity contribution is 8.18. The van der Waals surface area contributed by atoms with Crippen LogP contribution in [0, 0.1) is 21.4 Å². The van der Waals surface area contributed by atoms with Gasteiger partial charge in [-0.05, 0) is 53.7 Å². The minimum atomic E-state index is -0.623. The average Bonchev–Trinajstić information content (AvgIpc) is 3.19. The number of carbonyl (C=O) groups excluding carboxylic acids is 3. The van der Waals surface area contributed by atoms with Crippen molar-refractivity contribution >= 4 is 40.5 Å². The fourth-order valence-electron chi connectivity index (χ4n) is 3.60. The minimum absolute atomic E-state index is 0.130. The van der Waals surface area contributed by atoms with Crippen LogP contribution in [0.2, 0.25) is 0 Å². The standard InChI is InChI=1S/C27H19N3O7S/c1-36-24-12-17(6-11-23(24)37-16-20-5-3-2-4-19(20)14-28)13-25-26(32)29(27(33)38-25)15-22(31)18-7-9-21(10-8-18)30(34)35/h2-13H,15-16H2,1H3/b25-13-. The summed E-state index contributed by atoms with van der Waals surface area (Å²) in [6.07, 6.45) is 1.51. The molecule has 11 heteroatoms. The Morgan fingerprint density at radius 2 is 1.84 bits per heavy atom. The van der Waals surface area contributed by atoms with E-state index in [4.69, 9.17) is 9.47 Å². The van der Waals surface area contributed by atoms with Gasteiger partial charge in [0.05, 0.1) is 35.1 Å². The molecule has 0 saturated carbocycles. The van der Waals surface area contributed by atoms with Gasteiger partial charge in [-0.3, -0.25) is 29.4 Å². The first kappa shape index (κ1) is 26.1. The summed E-state index contributed by atoms with van der Waals surface area (Å²) in [5, 5.41) is 19.4. The first-order valence-corrected chi connectivity index (χ1v) is 11.9. The Kier molecular flexibility index (Phi) is 7.84. The molecule has 1 fully saturated rings. The zero-order chi connectivity index (χ0) is 27.2. The molecule has 0 aromatic heterocycles. The number of non-ortho nitro benzene ring substituents is 1. The number of thioether (sulfide) groups is 1. The van der Waals surface area contributed by atoms with Crippen LogP contribution in [-0.2, 0) is 11.4 Å². The van der Waals surface area contributed by atoms with Crippen molar-refractivity contribution in [3.8, 4) is 17.6 Å². The fraction of sp³-hybridized carbons (Fsp3) is 0.111. The van der Waals surface area contributed by atoms with E-state index in [1.54, 1.807) is 36.4 Å². The molecule has 38 heavy (non-hydrogen) atoms. The maximum absolute atomic E-state index is 12.9. The van der Waals surface area contributed by atoms with E-state index in [2.05, 4.69) is 6.07 Å². The Labute approximate surface area is 221 Å². The second kappa shape index (κ2) is 11.4. The molecule has 3 aromatic rings. The summed E-state index contributed by atoms with van der Waals surface area (Å²) in [5.41, 5.74) is 1.77. The Morgan fingerprint density at radius 1 is 1.11 bits per heavy atom. The van der Waals surface area contributed by atoms with Gasteiger partial charge in [0.25, 0.3) is 16.8 Å². The Bertz CT molecular complexity index is 1510. The van der Waals surface area contributed by atoms with Gasteiger partial charge in [0.2, 0.25) is 0 Å². The summed E-state index contributed by atoms with van der Waals surface area (Å²) >= 11 is 0.704. The number of nitro groups is 1. The SMILES string of the molecule is COc1cc(/C=C2\SC(=O)N(CC(=O)c3ccc([N+](=O)[O-])cc3)C2=O)ccc1OCc1ccccc1C#N. The lowest BCUT2D eigenvalue weighted by atomic mass is 10.1. The zero-order valence-electron chi connectivity index (χ0n) is 20.0. The van der Waals surface area contributed by atoms with E-state index in [1.165, 1.54) is 37.5 Å². The smallest absolute Gasteiger partial charge is 0.293 e. The predicted octanol–water partition coefficient (Wildman–Crippen LogP) is 4.97. The number of hydrogen-bond acceptors (Lipinski definition) is 9. The van der Waals surface area contributed by atoms with Crippen LogP contribution >= 0.6 is 11.8 Å². The number of Topliss-reactive ketones (excluding diaryl/α,β-unsaturated/α-hetero) is 1. The number of imide groups is 1. The molecule has 190 valence electrons. The largest absolute Gasteiger partial charge is 0.493 e. The number of methoxy groups -OCH3 is 1. The monoisotopic (exact) mass is 529 g/mol. The van der Waals surface area contributed by atoms with Crippen LogP contribution in [0.3, 0.4) is 0 Å². The number of nitrogens with zero attached hydrogens (tertiary/aromatic N) is 3. The van der Waals surface area contributed by atoms with Crippen molar-refractivity contribution in [1.82, 2.24) is 4.90 Å². The van der Waals surface area contributed by atoms with Crippen molar-refractivity contribution in [1.29, 1.82) is 5.26 Å². The van der Waals surface area contributed by atoms with Crippen molar-refractivity contribution in [2.24, 2.45) is 0 Å². The predicted molar refractivity (Wildman–Crippen MR) is 139 cm³/mol. The molecule has 0 N–H and O–H groups in total. The van der Waals surface area contributed by atoms with Gasteiger partial charge in [-0.1, -0.05) is 24.3 Å². The summed E-state index contributed by atoms with van der Waals surface area (Å²) in [7, 11) is 1.47. The molecule has 10 nitrogen and oxygen atoms in total. The molecule has 1 heterocycles. The number of amides is 2. The van der Waals surface area contributed by atoms with Crippen molar-refractivity contribution < 1.29 is 28.8 Å². The second-order valence-electron chi connectivity index (χ2n) is 7.96. The molecule has 0 aliphatic carbocycles. The Balaban J connectivity index is 1.46. The Morgan fingerprint density at radius 3 is 2.53 bits per heavy atom. The quantitative estimate of drug-likeness (QED) is 0.163. The number of nitriles is 1. The van der Waals surface area contributed by atoms with Crippen molar-refractivity contribution in [3.05, 3.63) is 104 Å². The van der Waals surface area contributed by atoms with Gasteiger partial charge < -0.3 is 9.47 Å². The molecule has 0 radical (unpaired) electrons. The molecule has 0 atom stereocenters. The maximum atomic E-state index is 12.9. The molecule has 0 bridgehead atoms. The highest BCUT2D eigenvalue weighted by Gasteiger charge is 2.36. The van der Waals surface area contributed by atoms with E-state index in [-0.39, 0.29) is 22.8 Å². The molecule has 0 spiro atoms. The normalized spacial score (nSPS) is 13.9. The minimum Gasteiger partial charge on any atom is -0.493 e. The van der Waals surface area contributed by atoms with Gasteiger partial charge in [0.1, 0.15) is 6.61 Å². The van der Waals surface area contributed by atoms with E-state index in [1.807, 2.05) is 6.07 Å². The van der Waals surface area contributed by atoms with Crippen LogP contribution in [0.4, 0.5) is 10.5 Å². The summed E-state index contributed by atoms with van der Waals surface area (Å²) in [4.78, 5) is 49.1. The highest BCUT2D eigenvalue weighted by Crippen LogP contribution is 2.35. The van der Waals surface area contributed by atoms with Gasteiger partial charge in [-0.15, -0.1) is 0 Å². The first-order chi connectivity index (χ1) is 18.3. The van der Waals surface area contributed by atoms with Gasteiger partial charge in [0, 0.05) is 23.3 Å². The molecule has 3 aromatic carbocycles. The number of nitro benzene ring substituents is 1. The topological polar surface area (TPSA) is 140 Å². The van der Waals surface area contributed by atoms with Crippen molar-refractivity contribution in [3.63, 3.8) is 0 Å². The molecule has 2 amide bonds. The van der Waals surface area contributed by atoms with Gasteiger partial charge in [-0.25, -0.2) is 0 Å². The van der Waals surface area contributed by atoms with Crippen molar-refractivity contribution in [2.45, 2.75) is 6.61 Å². The number of ether oxygens (including phenoxy) is 2. The van der Waals surface area contributed by atoms with E-state index in [9.17, 15) is 29.8 Å². The van der Waals surface area contributed by atoms with Crippen LogP contribution in [0.1, 0.15) is 27.0 Å². The van der Waals surface area contributed by atoms with E-state index < -0.39 is 28.4 Å². The molecule has 0 unspecified atom stereocenters. The van der Waals surface area contributed by atoms with Crippen LogP contribution in [-0.4, -0.2) is 40.4 Å². The van der Waals surface area contributed by atoms with E-state index in [0.717, 1.165) is 10.5 Å². The second-order valence-corrected chi connectivity index (χ2v) is 8.96. The van der Waals surface area contributed by atoms with Gasteiger partial charge in [-0.2, -0.15) is 5.26 Å². The van der Waals surface area contributed by atoms with Crippen LogP contribution in [0.5, 0.6) is 11.5 Å². The summed E-state index contributed by atoms with van der Waals surface area (Å²) in [5.74, 6) is -0.327. The lowest BCUT2D eigenvalue weighted by Crippen LogP contribution is -2.33. The zero-order valence-corrected chi connectivity index (χ0v) is 20.8. The van der Waals surface area contributed by atoms with Crippen LogP contribution < -0.4 is 9.47 Å². The summed E-state index contributed by atoms with van der Waals surface area (Å²) in [6.45, 7) is -0.332. The molecule has 4 rings (SSSR count). The highest BCUT2D eigenvalue weighted by atomic mass is 32.2. The van der Waals surface area contributed by atoms with E-state index in [0.29, 0.717) is 34.4 Å². The summed E-state index contributed by atoms with van der Waals surface area (Å²) < 4.78 is 11.3. The number of benzene rings is 3. The number of rotatable bonds is 9. The lowest BCUT2D eigenvalue weighted by Gasteiger charge is -2.12. The summed E-state index contributed by atoms with van der Waals surface area (Å²) in [6, 6.07) is 19.1. The van der Waals surface area contributed by atoms with E-state index >= 15 is 0 Å². The molecular formula is C27H19N3O7S.